The van der Waals surface area contributed by atoms with Gasteiger partial charge in [0.05, 0.1) is 0 Å². The third-order valence-electron chi connectivity index (χ3n) is 3.89. The van der Waals surface area contributed by atoms with Crippen LogP contribution in [0.4, 0.5) is 0 Å². The summed E-state index contributed by atoms with van der Waals surface area (Å²) in [5.41, 5.74) is 4.15. The van der Waals surface area contributed by atoms with E-state index in [1.165, 1.54) is 11.1 Å². The Labute approximate surface area is 139 Å². The van der Waals surface area contributed by atoms with Crippen molar-refractivity contribution in [3.63, 3.8) is 0 Å². The predicted molar refractivity (Wildman–Crippen MR) is 98.0 cm³/mol. The summed E-state index contributed by atoms with van der Waals surface area (Å²) in [6.45, 7) is 8.74. The molecule has 126 valence electrons. The molecule has 0 saturated carbocycles. The van der Waals surface area contributed by atoms with E-state index in [0.29, 0.717) is 13.2 Å². The molecule has 23 heavy (non-hydrogen) atoms. The number of aryl methyl sites for hydroxylation is 2. The summed E-state index contributed by atoms with van der Waals surface area (Å²) in [5, 5.41) is 0. The first kappa shape index (κ1) is 18.1. The average molecular weight is 334 g/mol. The predicted octanol–water partition coefficient (Wildman–Crippen LogP) is 4.95. The molecule has 0 unspecified atom stereocenters. The van der Waals surface area contributed by atoms with E-state index in [4.69, 9.17) is 9.05 Å². The molecule has 0 radical (unpaired) electrons. The van der Waals surface area contributed by atoms with E-state index in [9.17, 15) is 4.89 Å². The number of hydrogen-bond donors (Lipinski definition) is 1. The van der Waals surface area contributed by atoms with Crippen LogP contribution < -0.4 is 0 Å². The Bertz CT molecular complexity index is 556. The van der Waals surface area contributed by atoms with Gasteiger partial charge in [-0.05, 0) is 0 Å². The Balaban J connectivity index is 2.53. The average Bonchev–Trinajstić information content (AvgIpc) is 2.52. The fourth-order valence-electron chi connectivity index (χ4n) is 2.75. The van der Waals surface area contributed by atoms with Crippen LogP contribution in [0.25, 0.3) is 0 Å². The summed E-state index contributed by atoms with van der Waals surface area (Å²) in [6, 6.07) is 16.4. The molecule has 2 aromatic rings. The maximum atomic E-state index is 11.2. The molecule has 0 amide bonds. The first-order chi connectivity index (χ1) is 11.0. The molecule has 0 saturated heterocycles. The minimum atomic E-state index is -3.40. The van der Waals surface area contributed by atoms with E-state index in [2.05, 4.69) is 62.4 Å². The quantitative estimate of drug-likeness (QED) is 0.728. The van der Waals surface area contributed by atoms with Crippen LogP contribution in [-0.4, -0.2) is 18.1 Å². The van der Waals surface area contributed by atoms with E-state index < -0.39 is 7.94 Å². The second-order valence-electron chi connectivity index (χ2n) is 5.75. The molecule has 0 bridgehead atoms. The number of hydrogen-bond acceptors (Lipinski definition) is 3. The van der Waals surface area contributed by atoms with Gasteiger partial charge < -0.3 is 0 Å². The van der Waals surface area contributed by atoms with Crippen molar-refractivity contribution in [1.29, 1.82) is 0 Å². The van der Waals surface area contributed by atoms with Crippen LogP contribution in [0.2, 0.25) is 0 Å². The summed E-state index contributed by atoms with van der Waals surface area (Å²) >= 11 is 0. The standard InChI is InChI=1S/C19H27O3P/c1-5-21-23(20,22-6-2)19(17-11-7-15(3)8-12-17)18-13-9-16(4)10-14-18/h7-14,19-20,23H,5-6H2,1-4H3. The van der Waals surface area contributed by atoms with E-state index in [1.54, 1.807) is 0 Å². The van der Waals surface area contributed by atoms with Gasteiger partial charge in [-0.15, -0.1) is 0 Å². The third kappa shape index (κ3) is 4.39. The zero-order valence-electron chi connectivity index (χ0n) is 14.4. The molecular formula is C19H27O3P. The number of benzene rings is 2. The van der Waals surface area contributed by atoms with Gasteiger partial charge >= 0.3 is 139 Å². The van der Waals surface area contributed by atoms with Gasteiger partial charge in [0.15, 0.2) is 0 Å². The van der Waals surface area contributed by atoms with Crippen LogP contribution in [0.5, 0.6) is 0 Å². The van der Waals surface area contributed by atoms with Gasteiger partial charge in [-0.25, -0.2) is 0 Å². The molecule has 0 fully saturated rings. The molecule has 0 heterocycles. The summed E-state index contributed by atoms with van der Waals surface area (Å²) in [6.07, 6.45) is 0. The van der Waals surface area contributed by atoms with Gasteiger partial charge in [0.25, 0.3) is 0 Å². The molecule has 0 aliphatic rings. The topological polar surface area (TPSA) is 38.7 Å². The second-order valence-corrected chi connectivity index (χ2v) is 8.17. The van der Waals surface area contributed by atoms with Crippen molar-refractivity contribution in [2.24, 2.45) is 0 Å². The SMILES string of the molecule is CCO[PH](O)(OCC)C(c1ccc(C)cc1)c1ccc(C)cc1. The first-order valence-electron chi connectivity index (χ1n) is 8.13. The molecule has 0 spiro atoms. The molecule has 4 heteroatoms. The van der Waals surface area contributed by atoms with Gasteiger partial charge in [0, 0.05) is 0 Å². The van der Waals surface area contributed by atoms with Crippen molar-refractivity contribution in [2.75, 3.05) is 13.2 Å². The number of rotatable bonds is 7. The molecule has 0 aliphatic carbocycles. The van der Waals surface area contributed by atoms with Crippen molar-refractivity contribution in [2.45, 2.75) is 33.4 Å². The molecule has 3 nitrogen and oxygen atoms in total. The molecule has 0 aliphatic heterocycles. The van der Waals surface area contributed by atoms with Crippen molar-refractivity contribution >= 4 is 7.94 Å². The third-order valence-corrected chi connectivity index (χ3v) is 6.69. The van der Waals surface area contributed by atoms with Crippen LogP contribution in [0.15, 0.2) is 48.5 Å². The van der Waals surface area contributed by atoms with Gasteiger partial charge in [-0.2, -0.15) is 0 Å². The van der Waals surface area contributed by atoms with Crippen LogP contribution in [0.1, 0.15) is 41.8 Å². The van der Waals surface area contributed by atoms with Gasteiger partial charge in [0.1, 0.15) is 0 Å². The molecule has 0 aromatic heterocycles. The summed E-state index contributed by atoms with van der Waals surface area (Å²) in [7, 11) is -3.40. The zero-order chi connectivity index (χ0) is 16.9. The monoisotopic (exact) mass is 334 g/mol. The van der Waals surface area contributed by atoms with E-state index in [-0.39, 0.29) is 5.66 Å². The van der Waals surface area contributed by atoms with Crippen molar-refractivity contribution < 1.29 is 13.9 Å². The second kappa shape index (κ2) is 8.03. The van der Waals surface area contributed by atoms with Crippen LogP contribution in [0, 0.1) is 13.8 Å². The molecule has 2 aromatic carbocycles. The summed E-state index contributed by atoms with van der Waals surface area (Å²) in [5.74, 6) is 0. The Hall–Kier alpha value is -1.25. The summed E-state index contributed by atoms with van der Waals surface area (Å²) in [4.78, 5) is 11.2. The molecule has 2 rings (SSSR count). The summed E-state index contributed by atoms with van der Waals surface area (Å²) < 4.78 is 11.5. The Morgan fingerprint density at radius 1 is 0.783 bits per heavy atom. The minimum absolute atomic E-state index is 0.274. The zero-order valence-corrected chi connectivity index (χ0v) is 15.4. The maximum absolute atomic E-state index is 11.2. The molecular weight excluding hydrogens is 307 g/mol. The Morgan fingerprint density at radius 3 is 1.43 bits per heavy atom. The Kier molecular flexibility index (Phi) is 6.32. The fourth-order valence-corrected chi connectivity index (χ4v) is 5.22. The van der Waals surface area contributed by atoms with Gasteiger partial charge in [0.2, 0.25) is 0 Å². The fraction of sp³-hybridized carbons (Fsp3) is 0.368. The molecule has 1 N–H and O–H groups in total. The molecule has 0 atom stereocenters. The Morgan fingerprint density at radius 2 is 1.13 bits per heavy atom. The van der Waals surface area contributed by atoms with Crippen molar-refractivity contribution in [3.8, 4) is 0 Å². The van der Waals surface area contributed by atoms with Gasteiger partial charge in [-0.1, -0.05) is 0 Å². The first-order valence-corrected chi connectivity index (χ1v) is 9.97. The van der Waals surface area contributed by atoms with E-state index >= 15 is 0 Å². The van der Waals surface area contributed by atoms with E-state index in [1.807, 2.05) is 13.8 Å². The normalized spacial score (nSPS) is 12.6. The van der Waals surface area contributed by atoms with E-state index in [0.717, 1.165) is 11.1 Å². The van der Waals surface area contributed by atoms with Crippen LogP contribution in [-0.2, 0) is 9.05 Å². The van der Waals surface area contributed by atoms with Crippen LogP contribution >= 0.6 is 7.94 Å². The van der Waals surface area contributed by atoms with Crippen LogP contribution in [0.3, 0.4) is 0 Å². The van der Waals surface area contributed by atoms with Crippen molar-refractivity contribution in [1.82, 2.24) is 0 Å². The van der Waals surface area contributed by atoms with Gasteiger partial charge in [-0.3, -0.25) is 0 Å². The van der Waals surface area contributed by atoms with Crippen molar-refractivity contribution in [3.05, 3.63) is 70.8 Å².